The number of fused-ring (bicyclic) bond motifs is 1. The van der Waals surface area contributed by atoms with Crippen LogP contribution in [0.15, 0.2) is 0 Å². The first-order valence-corrected chi connectivity index (χ1v) is 4.95. The molecule has 0 aliphatic carbocycles. The monoisotopic (exact) mass is 167 g/mol. The quantitative estimate of drug-likeness (QED) is 0.504. The van der Waals surface area contributed by atoms with Crippen LogP contribution in [0.25, 0.3) is 0 Å². The van der Waals surface area contributed by atoms with E-state index in [2.05, 4.69) is 18.7 Å². The molecule has 2 saturated heterocycles. The Labute approximate surface area is 73.9 Å². The minimum Gasteiger partial charge on any atom is -0.338 e. The average Bonchev–Trinajstić information content (AvgIpc) is 2.26. The van der Waals surface area contributed by atoms with Crippen LogP contribution in [0.4, 0.5) is 0 Å². The van der Waals surface area contributed by atoms with E-state index in [1.165, 1.54) is 25.7 Å². The number of hydrogen-bond donors (Lipinski definition) is 0. The van der Waals surface area contributed by atoms with Gasteiger partial charge in [0.2, 0.25) is 5.91 Å². The number of hydrogen-bond acceptors (Lipinski definition) is 1. The van der Waals surface area contributed by atoms with Gasteiger partial charge in [0.1, 0.15) is 0 Å². The van der Waals surface area contributed by atoms with Crippen molar-refractivity contribution >= 4 is 5.91 Å². The van der Waals surface area contributed by atoms with E-state index in [1.54, 1.807) is 0 Å². The van der Waals surface area contributed by atoms with E-state index >= 15 is 0 Å². The molecule has 2 nitrogen and oxygen atoms in total. The van der Waals surface area contributed by atoms with Gasteiger partial charge in [0, 0.05) is 12.6 Å². The van der Waals surface area contributed by atoms with Gasteiger partial charge in [-0.2, -0.15) is 0 Å². The van der Waals surface area contributed by atoms with Crippen LogP contribution in [0.2, 0.25) is 0 Å². The molecule has 1 unspecified atom stereocenters. The zero-order chi connectivity index (χ0) is 8.77. The van der Waals surface area contributed by atoms with E-state index in [0.29, 0.717) is 11.9 Å². The Morgan fingerprint density at radius 2 is 2.08 bits per heavy atom. The molecule has 2 fully saturated rings. The normalized spacial score (nSPS) is 33.7. The Hall–Kier alpha value is -0.530. The lowest BCUT2D eigenvalue weighted by Crippen LogP contribution is -2.65. The first-order chi connectivity index (χ1) is 5.64. The molecule has 1 amide bonds. The van der Waals surface area contributed by atoms with Crippen molar-refractivity contribution in [3.63, 3.8) is 0 Å². The molecule has 1 atom stereocenters. The summed E-state index contributed by atoms with van der Waals surface area (Å²) in [6.07, 6.45) is 5.03. The summed E-state index contributed by atoms with van der Waals surface area (Å²) in [7, 11) is 0. The summed E-state index contributed by atoms with van der Waals surface area (Å²) in [6.45, 7) is 5.18. The third-order valence-electron chi connectivity index (χ3n) is 3.40. The summed E-state index contributed by atoms with van der Waals surface area (Å²) in [4.78, 5) is 13.7. The molecule has 68 valence electrons. The zero-order valence-electron chi connectivity index (χ0n) is 7.97. The van der Waals surface area contributed by atoms with Gasteiger partial charge >= 0.3 is 0 Å². The first-order valence-electron chi connectivity index (χ1n) is 4.95. The Balaban J connectivity index is 2.14. The smallest absolute Gasteiger partial charge is 0.230 e. The second-order valence-corrected chi connectivity index (χ2v) is 4.59. The summed E-state index contributed by atoms with van der Waals surface area (Å²) in [5.41, 5.74) is -0.0512. The second kappa shape index (κ2) is 2.48. The minimum atomic E-state index is -0.0512. The highest BCUT2D eigenvalue weighted by atomic mass is 16.2. The molecule has 12 heavy (non-hydrogen) atoms. The van der Waals surface area contributed by atoms with E-state index in [-0.39, 0.29) is 5.41 Å². The zero-order valence-corrected chi connectivity index (χ0v) is 7.97. The molecule has 2 aliphatic heterocycles. The second-order valence-electron chi connectivity index (χ2n) is 4.59. The molecule has 2 heterocycles. The highest BCUT2D eigenvalue weighted by molar-refractivity contribution is 5.89. The summed E-state index contributed by atoms with van der Waals surface area (Å²) in [5, 5.41) is 0. The van der Waals surface area contributed by atoms with Gasteiger partial charge in [-0.05, 0) is 26.7 Å². The number of rotatable bonds is 0. The van der Waals surface area contributed by atoms with Gasteiger partial charge in [0.05, 0.1) is 5.41 Å². The van der Waals surface area contributed by atoms with E-state index in [1.807, 2.05) is 0 Å². The third-order valence-corrected chi connectivity index (χ3v) is 3.40. The van der Waals surface area contributed by atoms with Crippen molar-refractivity contribution in [2.24, 2.45) is 5.41 Å². The molecule has 0 saturated carbocycles. The summed E-state index contributed by atoms with van der Waals surface area (Å²) in [6, 6.07) is 0.549. The largest absolute Gasteiger partial charge is 0.338 e. The van der Waals surface area contributed by atoms with E-state index < -0.39 is 0 Å². The molecule has 2 aliphatic rings. The molecule has 2 rings (SSSR count). The van der Waals surface area contributed by atoms with Crippen molar-refractivity contribution in [1.82, 2.24) is 4.90 Å². The maximum Gasteiger partial charge on any atom is 0.230 e. The number of β-lactam (4-membered cyclic amide) rings is 1. The molecule has 0 N–H and O–H groups in total. The number of nitrogens with zero attached hydrogens (tertiary/aromatic N) is 1. The predicted molar refractivity (Wildman–Crippen MR) is 47.8 cm³/mol. The molecule has 0 aromatic heterocycles. The van der Waals surface area contributed by atoms with Crippen molar-refractivity contribution in [1.29, 1.82) is 0 Å². The van der Waals surface area contributed by atoms with Gasteiger partial charge in [-0.3, -0.25) is 4.79 Å². The van der Waals surface area contributed by atoms with Gasteiger partial charge in [-0.15, -0.1) is 0 Å². The fraction of sp³-hybridized carbons (Fsp3) is 0.900. The fourth-order valence-corrected chi connectivity index (χ4v) is 2.55. The third kappa shape index (κ3) is 0.900. The lowest BCUT2D eigenvalue weighted by molar-refractivity contribution is -0.167. The van der Waals surface area contributed by atoms with Crippen LogP contribution in [0.5, 0.6) is 0 Å². The highest BCUT2D eigenvalue weighted by Crippen LogP contribution is 2.42. The van der Waals surface area contributed by atoms with Crippen LogP contribution >= 0.6 is 0 Å². The van der Waals surface area contributed by atoms with Crippen molar-refractivity contribution in [3.05, 3.63) is 0 Å². The molecule has 2 heteroatoms. The lowest BCUT2D eigenvalue weighted by Gasteiger charge is -2.52. The van der Waals surface area contributed by atoms with Gasteiger partial charge < -0.3 is 4.90 Å². The Morgan fingerprint density at radius 3 is 2.83 bits per heavy atom. The van der Waals surface area contributed by atoms with Crippen LogP contribution in [0, 0.1) is 5.41 Å². The van der Waals surface area contributed by atoms with Crippen LogP contribution < -0.4 is 0 Å². The van der Waals surface area contributed by atoms with Crippen molar-refractivity contribution in [2.75, 3.05) is 6.54 Å². The van der Waals surface area contributed by atoms with E-state index in [9.17, 15) is 4.79 Å². The van der Waals surface area contributed by atoms with Gasteiger partial charge in [-0.1, -0.05) is 12.8 Å². The standard InChI is InChI=1S/C10H17NO/c1-10(2)8-6-4-3-5-7-11(8)9(10)12/h8H,3-7H2,1-2H3. The lowest BCUT2D eigenvalue weighted by atomic mass is 9.72. The van der Waals surface area contributed by atoms with Crippen molar-refractivity contribution < 1.29 is 4.79 Å². The number of carbonyl (C=O) groups is 1. The van der Waals surface area contributed by atoms with Crippen LogP contribution in [0.3, 0.4) is 0 Å². The summed E-state index contributed by atoms with van der Waals surface area (Å²) >= 11 is 0. The number of amides is 1. The van der Waals surface area contributed by atoms with E-state index in [4.69, 9.17) is 0 Å². The first kappa shape index (κ1) is 8.09. The summed E-state index contributed by atoms with van der Waals surface area (Å²) in [5.74, 6) is 0.370. The van der Waals surface area contributed by atoms with Gasteiger partial charge in [0.25, 0.3) is 0 Å². The Morgan fingerprint density at radius 1 is 1.33 bits per heavy atom. The maximum absolute atomic E-state index is 11.6. The Bertz CT molecular complexity index is 210. The molecule has 0 aromatic rings. The molecule has 0 spiro atoms. The molecule has 0 bridgehead atoms. The topological polar surface area (TPSA) is 20.3 Å². The molecular weight excluding hydrogens is 150 g/mol. The van der Waals surface area contributed by atoms with E-state index in [0.717, 1.165) is 6.54 Å². The molecular formula is C10H17NO. The average molecular weight is 167 g/mol. The molecule has 0 aromatic carbocycles. The molecule has 0 radical (unpaired) electrons. The van der Waals surface area contributed by atoms with Crippen LogP contribution in [-0.4, -0.2) is 23.4 Å². The van der Waals surface area contributed by atoms with Crippen molar-refractivity contribution in [3.8, 4) is 0 Å². The fourth-order valence-electron chi connectivity index (χ4n) is 2.55. The van der Waals surface area contributed by atoms with Crippen LogP contribution in [-0.2, 0) is 4.79 Å². The van der Waals surface area contributed by atoms with Gasteiger partial charge in [0.15, 0.2) is 0 Å². The highest BCUT2D eigenvalue weighted by Gasteiger charge is 2.53. The predicted octanol–water partition coefficient (Wildman–Crippen LogP) is 1.80. The summed E-state index contributed by atoms with van der Waals surface area (Å²) < 4.78 is 0. The SMILES string of the molecule is CC1(C)C(=O)N2CCCCCC21. The van der Waals surface area contributed by atoms with Gasteiger partial charge in [-0.25, -0.2) is 0 Å². The minimum absolute atomic E-state index is 0.0512. The number of carbonyl (C=O) groups excluding carboxylic acids is 1. The Kier molecular flexibility index (Phi) is 1.67. The van der Waals surface area contributed by atoms with Crippen molar-refractivity contribution in [2.45, 2.75) is 45.6 Å². The maximum atomic E-state index is 11.6. The van der Waals surface area contributed by atoms with Crippen LogP contribution in [0.1, 0.15) is 39.5 Å².